The molecule has 0 radical (unpaired) electrons. The molecular weight excluding hydrogens is 338 g/mol. The van der Waals surface area contributed by atoms with Crippen LogP contribution in [0.3, 0.4) is 0 Å². The van der Waals surface area contributed by atoms with E-state index in [9.17, 15) is 4.79 Å². The third kappa shape index (κ3) is 4.74. The van der Waals surface area contributed by atoms with Crippen LogP contribution in [0, 0.1) is 6.92 Å². The van der Waals surface area contributed by atoms with E-state index < -0.39 is 0 Å². The topological polar surface area (TPSA) is 72.2 Å². The fourth-order valence-corrected chi connectivity index (χ4v) is 2.32. The van der Waals surface area contributed by atoms with E-state index >= 15 is 0 Å². The van der Waals surface area contributed by atoms with Crippen LogP contribution in [0.5, 0.6) is 0 Å². The second-order valence-corrected chi connectivity index (χ2v) is 5.86. The molecule has 2 aromatic heterocycles. The highest BCUT2D eigenvalue weighted by Crippen LogP contribution is 2.10. The van der Waals surface area contributed by atoms with Gasteiger partial charge in [-0.1, -0.05) is 29.8 Å². The molecule has 6 nitrogen and oxygen atoms in total. The van der Waals surface area contributed by atoms with Crippen molar-refractivity contribution in [1.29, 1.82) is 0 Å². The molecule has 0 saturated carbocycles. The van der Waals surface area contributed by atoms with E-state index in [0.29, 0.717) is 23.0 Å². The Hall–Kier alpha value is -2.99. The third-order valence-corrected chi connectivity index (χ3v) is 3.66. The standard InChI is InChI=1S/C18H16ClN5O/c1-13-3-2-4-16(21-13)11-20-22-18(25)17-9-10-24(23-17)12-14-5-7-15(19)8-6-14/h2-11H,12H2,1H3,(H,22,25)/b20-11-. The Kier molecular flexibility index (Phi) is 5.20. The molecule has 126 valence electrons. The van der Waals surface area contributed by atoms with Crippen molar-refractivity contribution in [1.82, 2.24) is 20.2 Å². The Morgan fingerprint density at radius 3 is 2.80 bits per heavy atom. The van der Waals surface area contributed by atoms with Gasteiger partial charge in [0.05, 0.1) is 18.5 Å². The van der Waals surface area contributed by atoms with Crippen LogP contribution in [-0.4, -0.2) is 26.9 Å². The molecule has 0 saturated heterocycles. The Morgan fingerprint density at radius 2 is 2.04 bits per heavy atom. The monoisotopic (exact) mass is 353 g/mol. The molecule has 0 aliphatic heterocycles. The summed E-state index contributed by atoms with van der Waals surface area (Å²) in [7, 11) is 0. The first kappa shape index (κ1) is 16.9. The minimum atomic E-state index is -0.376. The summed E-state index contributed by atoms with van der Waals surface area (Å²) in [5.74, 6) is -0.376. The normalized spacial score (nSPS) is 11.0. The summed E-state index contributed by atoms with van der Waals surface area (Å²) < 4.78 is 1.68. The zero-order chi connectivity index (χ0) is 17.6. The van der Waals surface area contributed by atoms with E-state index in [1.165, 1.54) is 6.21 Å². The predicted octanol–water partition coefficient (Wildman–Crippen LogP) is 3.05. The molecule has 3 rings (SSSR count). The molecule has 1 N–H and O–H groups in total. The average molecular weight is 354 g/mol. The summed E-state index contributed by atoms with van der Waals surface area (Å²) in [6.45, 7) is 2.45. The maximum atomic E-state index is 12.1. The van der Waals surface area contributed by atoms with Gasteiger partial charge in [-0.15, -0.1) is 0 Å². The van der Waals surface area contributed by atoms with Gasteiger partial charge >= 0.3 is 0 Å². The summed E-state index contributed by atoms with van der Waals surface area (Å²) in [6, 6.07) is 14.7. The van der Waals surface area contributed by atoms with Crippen LogP contribution in [0.1, 0.15) is 27.4 Å². The molecular formula is C18H16ClN5O. The van der Waals surface area contributed by atoms with Gasteiger partial charge in [0.1, 0.15) is 0 Å². The van der Waals surface area contributed by atoms with Gasteiger partial charge in [0.25, 0.3) is 5.91 Å². The molecule has 1 aromatic carbocycles. The Morgan fingerprint density at radius 1 is 1.24 bits per heavy atom. The number of hydrazone groups is 1. The fourth-order valence-electron chi connectivity index (χ4n) is 2.20. The van der Waals surface area contributed by atoms with Crippen LogP contribution in [-0.2, 0) is 6.54 Å². The van der Waals surface area contributed by atoms with Crippen molar-refractivity contribution in [3.63, 3.8) is 0 Å². The summed E-state index contributed by atoms with van der Waals surface area (Å²) in [4.78, 5) is 16.3. The van der Waals surface area contributed by atoms with Crippen molar-refractivity contribution in [2.45, 2.75) is 13.5 Å². The van der Waals surface area contributed by atoms with Gasteiger partial charge in [0, 0.05) is 16.9 Å². The van der Waals surface area contributed by atoms with Crippen molar-refractivity contribution in [3.8, 4) is 0 Å². The smallest absolute Gasteiger partial charge is 0.268 e. The van der Waals surface area contributed by atoms with E-state index in [4.69, 9.17) is 11.6 Å². The maximum Gasteiger partial charge on any atom is 0.291 e. The van der Waals surface area contributed by atoms with Gasteiger partial charge < -0.3 is 0 Å². The van der Waals surface area contributed by atoms with Gasteiger partial charge in [-0.2, -0.15) is 10.2 Å². The second-order valence-electron chi connectivity index (χ2n) is 5.43. The van der Waals surface area contributed by atoms with Crippen molar-refractivity contribution < 1.29 is 4.79 Å². The quantitative estimate of drug-likeness (QED) is 0.566. The Labute approximate surface area is 150 Å². The molecule has 0 spiro atoms. The van der Waals surface area contributed by atoms with Crippen molar-refractivity contribution in [2.75, 3.05) is 0 Å². The van der Waals surface area contributed by atoms with Crippen molar-refractivity contribution in [2.24, 2.45) is 5.10 Å². The number of hydrogen-bond donors (Lipinski definition) is 1. The zero-order valence-electron chi connectivity index (χ0n) is 13.6. The summed E-state index contributed by atoms with van der Waals surface area (Å²) in [5, 5.41) is 8.85. The SMILES string of the molecule is Cc1cccc(/C=N\NC(=O)c2ccn(Cc3ccc(Cl)cc3)n2)n1. The average Bonchev–Trinajstić information content (AvgIpc) is 3.06. The van der Waals surface area contributed by atoms with Crippen LogP contribution in [0.15, 0.2) is 59.8 Å². The third-order valence-electron chi connectivity index (χ3n) is 3.40. The zero-order valence-corrected chi connectivity index (χ0v) is 14.3. The van der Waals surface area contributed by atoms with Gasteiger partial charge in [-0.3, -0.25) is 14.5 Å². The van der Waals surface area contributed by atoms with Gasteiger partial charge in [0.2, 0.25) is 0 Å². The van der Waals surface area contributed by atoms with Crippen LogP contribution >= 0.6 is 11.6 Å². The number of carbonyl (C=O) groups excluding carboxylic acids is 1. The number of hydrogen-bond acceptors (Lipinski definition) is 4. The Bertz CT molecular complexity index is 902. The second kappa shape index (κ2) is 7.72. The van der Waals surface area contributed by atoms with Crippen LogP contribution in [0.4, 0.5) is 0 Å². The van der Waals surface area contributed by atoms with Gasteiger partial charge in [-0.05, 0) is 42.8 Å². The molecule has 3 aromatic rings. The lowest BCUT2D eigenvalue weighted by molar-refractivity contribution is 0.0949. The molecule has 0 bridgehead atoms. The van der Waals surface area contributed by atoms with E-state index in [1.807, 2.05) is 49.4 Å². The molecule has 2 heterocycles. The summed E-state index contributed by atoms with van der Waals surface area (Å²) >= 11 is 5.87. The van der Waals surface area contributed by atoms with E-state index in [1.54, 1.807) is 16.9 Å². The molecule has 0 fully saturated rings. The number of carbonyl (C=O) groups is 1. The highest BCUT2D eigenvalue weighted by atomic mass is 35.5. The molecule has 0 unspecified atom stereocenters. The first-order valence-electron chi connectivity index (χ1n) is 7.65. The molecule has 0 aliphatic rings. The highest BCUT2D eigenvalue weighted by Gasteiger charge is 2.08. The number of halogens is 1. The molecule has 7 heteroatoms. The van der Waals surface area contributed by atoms with E-state index in [-0.39, 0.29) is 5.91 Å². The van der Waals surface area contributed by atoms with Gasteiger partial charge in [-0.25, -0.2) is 5.43 Å². The highest BCUT2D eigenvalue weighted by molar-refractivity contribution is 6.30. The number of rotatable bonds is 5. The molecule has 1 amide bonds. The maximum absolute atomic E-state index is 12.1. The summed E-state index contributed by atoms with van der Waals surface area (Å²) in [6.07, 6.45) is 3.24. The number of benzene rings is 1. The lowest BCUT2D eigenvalue weighted by atomic mass is 10.2. The lowest BCUT2D eigenvalue weighted by Crippen LogP contribution is -2.18. The first-order valence-corrected chi connectivity index (χ1v) is 8.03. The van der Waals surface area contributed by atoms with E-state index in [2.05, 4.69) is 20.6 Å². The van der Waals surface area contributed by atoms with Crippen LogP contribution in [0.25, 0.3) is 0 Å². The first-order chi connectivity index (χ1) is 12.1. The summed E-state index contributed by atoms with van der Waals surface area (Å²) in [5.41, 5.74) is 5.35. The lowest BCUT2D eigenvalue weighted by Gasteiger charge is -2.02. The fraction of sp³-hybridized carbons (Fsp3) is 0.111. The van der Waals surface area contributed by atoms with Crippen LogP contribution < -0.4 is 5.43 Å². The number of nitrogens with zero attached hydrogens (tertiary/aromatic N) is 4. The molecule has 0 atom stereocenters. The number of pyridine rings is 1. The van der Waals surface area contributed by atoms with Crippen LogP contribution in [0.2, 0.25) is 5.02 Å². The number of amides is 1. The van der Waals surface area contributed by atoms with Crippen molar-refractivity contribution >= 4 is 23.7 Å². The number of aromatic nitrogens is 3. The van der Waals surface area contributed by atoms with Crippen molar-refractivity contribution in [3.05, 3.63) is 82.4 Å². The van der Waals surface area contributed by atoms with E-state index in [0.717, 1.165) is 11.3 Å². The Balaban J connectivity index is 1.59. The molecule has 0 aliphatic carbocycles. The minimum Gasteiger partial charge on any atom is -0.268 e. The number of nitrogens with one attached hydrogen (secondary N) is 1. The number of aryl methyl sites for hydroxylation is 1. The largest absolute Gasteiger partial charge is 0.291 e. The minimum absolute atomic E-state index is 0.295. The predicted molar refractivity (Wildman–Crippen MR) is 96.8 cm³/mol. The van der Waals surface area contributed by atoms with Gasteiger partial charge in [0.15, 0.2) is 5.69 Å². The molecule has 25 heavy (non-hydrogen) atoms.